The molecule has 2 N–H and O–H groups in total. The van der Waals surface area contributed by atoms with Crippen molar-refractivity contribution in [2.45, 2.75) is 12.5 Å². The second-order valence-electron chi connectivity index (χ2n) is 3.92. The van der Waals surface area contributed by atoms with E-state index in [0.717, 1.165) is 11.1 Å². The van der Waals surface area contributed by atoms with Gasteiger partial charge in [-0.1, -0.05) is 12.1 Å². The number of aliphatic hydroxyl groups excluding tert-OH is 1. The van der Waals surface area contributed by atoms with E-state index in [-0.39, 0.29) is 5.56 Å². The highest BCUT2D eigenvalue weighted by Crippen LogP contribution is 2.14. The minimum absolute atomic E-state index is 0.242. The summed E-state index contributed by atoms with van der Waals surface area (Å²) in [6.45, 7) is 0.388. The molecular weight excluding hydrogens is 267 g/mol. The predicted molar refractivity (Wildman–Crippen MR) is 70.2 cm³/mol. The smallest absolute Gasteiger partial charge is 0.253 e. The van der Waals surface area contributed by atoms with Gasteiger partial charge >= 0.3 is 0 Å². The van der Waals surface area contributed by atoms with Crippen molar-refractivity contribution in [2.75, 3.05) is 6.54 Å². The van der Waals surface area contributed by atoms with Crippen LogP contribution in [0.2, 0.25) is 0 Å². The number of hydrogen-bond acceptors (Lipinski definition) is 4. The van der Waals surface area contributed by atoms with Gasteiger partial charge in [-0.15, -0.1) is 11.3 Å². The van der Waals surface area contributed by atoms with Gasteiger partial charge in [0, 0.05) is 24.5 Å². The molecule has 0 aliphatic rings. The van der Waals surface area contributed by atoms with Gasteiger partial charge < -0.3 is 10.4 Å². The topological polar surface area (TPSA) is 62.2 Å². The van der Waals surface area contributed by atoms with Crippen molar-refractivity contribution in [1.29, 1.82) is 0 Å². The number of amides is 1. The van der Waals surface area contributed by atoms with Crippen LogP contribution in [0.4, 0.5) is 4.39 Å². The fourth-order valence-corrected chi connectivity index (χ4v) is 2.21. The second-order valence-corrected chi connectivity index (χ2v) is 4.90. The number of benzene rings is 1. The van der Waals surface area contributed by atoms with Crippen LogP contribution in [0.1, 0.15) is 16.7 Å². The van der Waals surface area contributed by atoms with Crippen molar-refractivity contribution in [3.05, 3.63) is 52.2 Å². The normalized spacial score (nSPS) is 12.1. The summed E-state index contributed by atoms with van der Waals surface area (Å²) in [5.74, 6) is -1.02. The molecule has 1 aromatic carbocycles. The van der Waals surface area contributed by atoms with Crippen LogP contribution in [0.15, 0.2) is 35.8 Å². The first kappa shape index (κ1) is 13.6. The zero-order valence-corrected chi connectivity index (χ0v) is 10.9. The highest BCUT2D eigenvalue weighted by molar-refractivity contribution is 7.09. The first-order valence-corrected chi connectivity index (χ1v) is 6.64. The molecule has 1 heterocycles. The average Bonchev–Trinajstić information content (AvgIpc) is 2.91. The Morgan fingerprint density at radius 2 is 2.37 bits per heavy atom. The first-order chi connectivity index (χ1) is 9.16. The van der Waals surface area contributed by atoms with Crippen LogP contribution >= 0.6 is 11.3 Å². The second kappa shape index (κ2) is 6.40. The minimum Gasteiger partial charge on any atom is -0.378 e. The van der Waals surface area contributed by atoms with E-state index in [4.69, 9.17) is 0 Å². The van der Waals surface area contributed by atoms with Crippen molar-refractivity contribution in [2.24, 2.45) is 0 Å². The standard InChI is InChI=1S/C13H13FN2O2S/c14-10-3-1-2-9(8-10)12(17)13(18)16-5-4-11-15-6-7-19-11/h1-3,6-8,12,17H,4-5H2,(H,16,18)/t12-/m0/s1. The fourth-order valence-electron chi connectivity index (χ4n) is 1.59. The summed E-state index contributed by atoms with van der Waals surface area (Å²) in [6.07, 6.45) is 0.954. The Morgan fingerprint density at radius 3 is 3.05 bits per heavy atom. The van der Waals surface area contributed by atoms with Crippen molar-refractivity contribution in [3.8, 4) is 0 Å². The van der Waals surface area contributed by atoms with Crippen molar-refractivity contribution < 1.29 is 14.3 Å². The molecule has 0 fully saturated rings. The highest BCUT2D eigenvalue weighted by Gasteiger charge is 2.17. The molecule has 0 radical (unpaired) electrons. The van der Waals surface area contributed by atoms with Gasteiger partial charge in [0.1, 0.15) is 5.82 Å². The molecule has 0 unspecified atom stereocenters. The SMILES string of the molecule is O=C(NCCc1nccs1)[C@@H](O)c1cccc(F)c1. The number of nitrogens with zero attached hydrogens (tertiary/aromatic N) is 1. The maximum atomic E-state index is 13.0. The monoisotopic (exact) mass is 280 g/mol. The summed E-state index contributed by atoms with van der Waals surface area (Å²) >= 11 is 1.51. The number of halogens is 1. The van der Waals surface area contributed by atoms with Gasteiger partial charge in [0.2, 0.25) is 0 Å². The van der Waals surface area contributed by atoms with Gasteiger partial charge in [-0.2, -0.15) is 0 Å². The molecule has 0 spiro atoms. The average molecular weight is 280 g/mol. The lowest BCUT2D eigenvalue weighted by Gasteiger charge is -2.11. The number of carbonyl (C=O) groups excluding carboxylic acids is 1. The zero-order chi connectivity index (χ0) is 13.7. The van der Waals surface area contributed by atoms with Crippen LogP contribution in [0.25, 0.3) is 0 Å². The number of carbonyl (C=O) groups is 1. The number of aliphatic hydroxyl groups is 1. The van der Waals surface area contributed by atoms with Gasteiger partial charge in [-0.3, -0.25) is 4.79 Å². The molecule has 6 heteroatoms. The van der Waals surface area contributed by atoms with E-state index in [1.165, 1.54) is 29.5 Å². The molecule has 0 aliphatic carbocycles. The van der Waals surface area contributed by atoms with Gasteiger partial charge in [0.05, 0.1) is 5.01 Å². The van der Waals surface area contributed by atoms with Crippen LogP contribution in [-0.4, -0.2) is 22.5 Å². The van der Waals surface area contributed by atoms with E-state index in [2.05, 4.69) is 10.3 Å². The van der Waals surface area contributed by atoms with E-state index in [1.54, 1.807) is 6.20 Å². The van der Waals surface area contributed by atoms with E-state index in [0.29, 0.717) is 13.0 Å². The maximum Gasteiger partial charge on any atom is 0.253 e. The maximum absolute atomic E-state index is 13.0. The third-order valence-corrected chi connectivity index (χ3v) is 3.37. The third-order valence-electron chi connectivity index (χ3n) is 2.53. The number of aromatic nitrogens is 1. The molecule has 1 aromatic heterocycles. The Labute approximate surface area is 113 Å². The van der Waals surface area contributed by atoms with Crippen LogP contribution in [0, 0.1) is 5.82 Å². The minimum atomic E-state index is -1.35. The van der Waals surface area contributed by atoms with Gasteiger partial charge in [0.15, 0.2) is 6.10 Å². The molecule has 19 heavy (non-hydrogen) atoms. The van der Waals surface area contributed by atoms with Crippen molar-refractivity contribution in [1.82, 2.24) is 10.3 Å². The lowest BCUT2D eigenvalue weighted by molar-refractivity contribution is -0.129. The van der Waals surface area contributed by atoms with Crippen LogP contribution in [0.3, 0.4) is 0 Å². The fraction of sp³-hybridized carbons (Fsp3) is 0.231. The van der Waals surface area contributed by atoms with Gasteiger partial charge in [-0.05, 0) is 17.7 Å². The quantitative estimate of drug-likeness (QED) is 0.876. The lowest BCUT2D eigenvalue weighted by atomic mass is 10.1. The van der Waals surface area contributed by atoms with Crippen molar-refractivity contribution >= 4 is 17.2 Å². The number of rotatable bonds is 5. The summed E-state index contributed by atoms with van der Waals surface area (Å²) < 4.78 is 13.0. The molecule has 2 rings (SSSR count). The molecule has 100 valence electrons. The van der Waals surface area contributed by atoms with Crippen LogP contribution < -0.4 is 5.32 Å². The Balaban J connectivity index is 1.85. The largest absolute Gasteiger partial charge is 0.378 e. The van der Waals surface area contributed by atoms with Crippen LogP contribution in [0.5, 0.6) is 0 Å². The zero-order valence-electron chi connectivity index (χ0n) is 10.0. The van der Waals surface area contributed by atoms with E-state index < -0.39 is 17.8 Å². The summed E-state index contributed by atoms with van der Waals surface area (Å²) in [5.41, 5.74) is 0.242. The van der Waals surface area contributed by atoms with Crippen LogP contribution in [-0.2, 0) is 11.2 Å². The summed E-state index contributed by atoms with van der Waals surface area (Å²) in [5, 5.41) is 15.1. The summed E-state index contributed by atoms with van der Waals surface area (Å²) in [7, 11) is 0. The Bertz CT molecular complexity index is 545. The van der Waals surface area contributed by atoms with E-state index in [1.807, 2.05) is 5.38 Å². The Hall–Kier alpha value is -1.79. The molecule has 0 aliphatic heterocycles. The Kier molecular flexibility index (Phi) is 4.59. The molecular formula is C13H13FN2O2S. The molecule has 0 saturated carbocycles. The van der Waals surface area contributed by atoms with Gasteiger partial charge in [-0.25, -0.2) is 9.37 Å². The first-order valence-electron chi connectivity index (χ1n) is 5.76. The lowest BCUT2D eigenvalue weighted by Crippen LogP contribution is -2.31. The Morgan fingerprint density at radius 1 is 1.53 bits per heavy atom. The number of nitrogens with one attached hydrogen (secondary N) is 1. The molecule has 2 aromatic rings. The van der Waals surface area contributed by atoms with E-state index in [9.17, 15) is 14.3 Å². The summed E-state index contributed by atoms with van der Waals surface area (Å²) in [6, 6.07) is 5.37. The molecule has 4 nitrogen and oxygen atoms in total. The van der Waals surface area contributed by atoms with Crippen molar-refractivity contribution in [3.63, 3.8) is 0 Å². The molecule has 1 amide bonds. The van der Waals surface area contributed by atoms with Gasteiger partial charge in [0.25, 0.3) is 5.91 Å². The third kappa shape index (κ3) is 3.84. The predicted octanol–water partition coefficient (Wildman–Crippen LogP) is 1.67. The number of hydrogen-bond donors (Lipinski definition) is 2. The highest BCUT2D eigenvalue weighted by atomic mass is 32.1. The van der Waals surface area contributed by atoms with E-state index >= 15 is 0 Å². The molecule has 0 bridgehead atoms. The number of thiazole rings is 1. The summed E-state index contributed by atoms with van der Waals surface area (Å²) in [4.78, 5) is 15.8. The molecule has 1 atom stereocenters. The molecule has 0 saturated heterocycles.